The molecule has 2 heterocycles. The first-order chi connectivity index (χ1) is 11.5. The number of hydrogen-bond donors (Lipinski definition) is 2. The van der Waals surface area contributed by atoms with E-state index in [0.717, 1.165) is 22.4 Å². The van der Waals surface area contributed by atoms with E-state index in [9.17, 15) is 4.79 Å². The van der Waals surface area contributed by atoms with Crippen LogP contribution in [-0.4, -0.2) is 25.7 Å². The number of aromatic nitrogens is 4. The van der Waals surface area contributed by atoms with Crippen molar-refractivity contribution >= 4 is 11.9 Å². The lowest BCUT2D eigenvalue weighted by atomic mass is 10.0. The monoisotopic (exact) mass is 322 g/mol. The topological polar surface area (TPSA) is 98.7 Å². The predicted molar refractivity (Wildman–Crippen MR) is 91.0 cm³/mol. The van der Waals surface area contributed by atoms with Crippen LogP contribution in [0.1, 0.15) is 21.5 Å². The molecule has 0 spiro atoms. The third kappa shape index (κ3) is 3.40. The molecule has 0 fully saturated rings. The van der Waals surface area contributed by atoms with Crippen LogP contribution in [0.5, 0.6) is 0 Å². The molecule has 0 aliphatic carbocycles. The van der Waals surface area contributed by atoms with Gasteiger partial charge in [-0.15, -0.1) is 0 Å². The van der Waals surface area contributed by atoms with Gasteiger partial charge in [-0.05, 0) is 30.2 Å². The number of rotatable bonds is 4. The van der Waals surface area contributed by atoms with Crippen LogP contribution in [0.4, 0.5) is 5.95 Å². The summed E-state index contributed by atoms with van der Waals surface area (Å²) < 4.78 is 1.60. The van der Waals surface area contributed by atoms with Crippen LogP contribution in [0.2, 0.25) is 0 Å². The van der Waals surface area contributed by atoms with Gasteiger partial charge >= 0.3 is 0 Å². The average Bonchev–Trinajstić information content (AvgIpc) is 3.00. The second-order valence-corrected chi connectivity index (χ2v) is 5.53. The fourth-order valence-electron chi connectivity index (χ4n) is 2.40. The van der Waals surface area contributed by atoms with Gasteiger partial charge in [-0.3, -0.25) is 9.48 Å². The van der Waals surface area contributed by atoms with Gasteiger partial charge in [-0.25, -0.2) is 9.97 Å². The first kappa shape index (κ1) is 15.7. The quantitative estimate of drug-likeness (QED) is 0.761. The lowest BCUT2D eigenvalue weighted by Crippen LogP contribution is -2.22. The summed E-state index contributed by atoms with van der Waals surface area (Å²) in [6.07, 6.45) is 4.87. The molecule has 1 amide bonds. The van der Waals surface area contributed by atoms with Crippen LogP contribution < -0.4 is 11.1 Å². The van der Waals surface area contributed by atoms with E-state index in [4.69, 9.17) is 5.73 Å². The van der Waals surface area contributed by atoms with Gasteiger partial charge in [0, 0.05) is 31.5 Å². The molecule has 0 saturated heterocycles. The van der Waals surface area contributed by atoms with Crippen LogP contribution in [0.25, 0.3) is 11.3 Å². The lowest BCUT2D eigenvalue weighted by Gasteiger charge is -2.09. The molecule has 0 saturated carbocycles. The highest BCUT2D eigenvalue weighted by molar-refractivity contribution is 5.93. The Morgan fingerprint density at radius 2 is 2.17 bits per heavy atom. The Labute approximate surface area is 139 Å². The SMILES string of the molecule is Cc1cc(-c2ccnc(N)n2)ccc1CNC(=O)c1cnn(C)c1. The predicted octanol–water partition coefficient (Wildman–Crippen LogP) is 1.70. The Bertz CT molecular complexity index is 886. The smallest absolute Gasteiger partial charge is 0.254 e. The van der Waals surface area contributed by atoms with E-state index in [0.29, 0.717) is 12.1 Å². The fourth-order valence-corrected chi connectivity index (χ4v) is 2.40. The van der Waals surface area contributed by atoms with Crippen molar-refractivity contribution in [1.29, 1.82) is 0 Å². The summed E-state index contributed by atoms with van der Waals surface area (Å²) >= 11 is 0. The maximum absolute atomic E-state index is 12.1. The number of nitrogen functional groups attached to an aromatic ring is 1. The molecular weight excluding hydrogens is 304 g/mol. The Morgan fingerprint density at radius 3 is 2.83 bits per heavy atom. The molecule has 1 aromatic carbocycles. The molecule has 122 valence electrons. The zero-order chi connectivity index (χ0) is 17.1. The van der Waals surface area contributed by atoms with Crippen LogP contribution in [-0.2, 0) is 13.6 Å². The number of nitrogens with one attached hydrogen (secondary N) is 1. The molecule has 7 heteroatoms. The molecule has 0 aliphatic heterocycles. The molecule has 0 unspecified atom stereocenters. The first-order valence-electron chi connectivity index (χ1n) is 7.48. The number of nitrogens with zero attached hydrogens (tertiary/aromatic N) is 4. The second kappa shape index (κ2) is 6.49. The fraction of sp³-hybridized carbons (Fsp3) is 0.176. The van der Waals surface area contributed by atoms with Crippen LogP contribution in [0.3, 0.4) is 0 Å². The molecule has 0 aliphatic rings. The molecule has 0 bridgehead atoms. The minimum Gasteiger partial charge on any atom is -0.368 e. The van der Waals surface area contributed by atoms with Gasteiger partial charge in [0.2, 0.25) is 5.95 Å². The minimum atomic E-state index is -0.143. The number of amides is 1. The van der Waals surface area contributed by atoms with Crippen LogP contribution >= 0.6 is 0 Å². The molecule has 2 aromatic heterocycles. The van der Waals surface area contributed by atoms with Gasteiger partial charge < -0.3 is 11.1 Å². The number of benzene rings is 1. The summed E-state index contributed by atoms with van der Waals surface area (Å²) in [7, 11) is 1.78. The van der Waals surface area contributed by atoms with Crippen molar-refractivity contribution in [3.05, 3.63) is 59.5 Å². The highest BCUT2D eigenvalue weighted by Crippen LogP contribution is 2.20. The van der Waals surface area contributed by atoms with Crippen molar-refractivity contribution in [3.8, 4) is 11.3 Å². The van der Waals surface area contributed by atoms with Gasteiger partial charge in [0.25, 0.3) is 5.91 Å². The number of hydrogen-bond acceptors (Lipinski definition) is 5. The summed E-state index contributed by atoms with van der Waals surface area (Å²) in [5.41, 5.74) is 10.0. The number of anilines is 1. The molecule has 24 heavy (non-hydrogen) atoms. The summed E-state index contributed by atoms with van der Waals surface area (Å²) in [4.78, 5) is 20.2. The Hall–Kier alpha value is -3.22. The Balaban J connectivity index is 1.72. The van der Waals surface area contributed by atoms with Gasteiger partial charge in [-0.2, -0.15) is 5.10 Å². The molecule has 3 rings (SSSR count). The molecular formula is C17H18N6O. The average molecular weight is 322 g/mol. The van der Waals surface area contributed by atoms with Crippen molar-refractivity contribution in [2.24, 2.45) is 7.05 Å². The van der Waals surface area contributed by atoms with Crippen molar-refractivity contribution in [2.45, 2.75) is 13.5 Å². The number of carbonyl (C=O) groups excluding carboxylic acids is 1. The summed E-state index contributed by atoms with van der Waals surface area (Å²) in [6, 6.07) is 7.77. The number of carbonyl (C=O) groups is 1. The zero-order valence-electron chi connectivity index (χ0n) is 13.5. The molecule has 3 N–H and O–H groups in total. The van der Waals surface area contributed by atoms with E-state index < -0.39 is 0 Å². The Kier molecular flexibility index (Phi) is 4.24. The summed E-state index contributed by atoms with van der Waals surface area (Å²) in [6.45, 7) is 2.45. The third-order valence-electron chi connectivity index (χ3n) is 3.72. The lowest BCUT2D eigenvalue weighted by molar-refractivity contribution is 0.0951. The van der Waals surface area contributed by atoms with Crippen molar-refractivity contribution < 1.29 is 4.79 Å². The maximum Gasteiger partial charge on any atom is 0.254 e. The first-order valence-corrected chi connectivity index (χ1v) is 7.48. The van der Waals surface area contributed by atoms with Crippen LogP contribution in [0, 0.1) is 6.92 Å². The van der Waals surface area contributed by atoms with Gasteiger partial charge in [0.05, 0.1) is 17.5 Å². The number of nitrogens with two attached hydrogens (primary N) is 1. The maximum atomic E-state index is 12.1. The highest BCUT2D eigenvalue weighted by Gasteiger charge is 2.09. The summed E-state index contributed by atoms with van der Waals surface area (Å²) in [5.74, 6) is 0.105. The van der Waals surface area contributed by atoms with Crippen molar-refractivity contribution in [1.82, 2.24) is 25.1 Å². The third-order valence-corrected chi connectivity index (χ3v) is 3.72. The van der Waals surface area contributed by atoms with E-state index in [-0.39, 0.29) is 11.9 Å². The zero-order valence-corrected chi connectivity index (χ0v) is 13.5. The largest absolute Gasteiger partial charge is 0.368 e. The van der Waals surface area contributed by atoms with Crippen LogP contribution in [0.15, 0.2) is 42.9 Å². The van der Waals surface area contributed by atoms with E-state index in [1.54, 1.807) is 30.3 Å². The number of aryl methyl sites for hydroxylation is 2. The van der Waals surface area contributed by atoms with Gasteiger partial charge in [0.1, 0.15) is 0 Å². The van der Waals surface area contributed by atoms with Crippen molar-refractivity contribution in [2.75, 3.05) is 5.73 Å². The molecule has 0 radical (unpaired) electrons. The molecule has 7 nitrogen and oxygen atoms in total. The van der Waals surface area contributed by atoms with E-state index >= 15 is 0 Å². The standard InChI is InChI=1S/C17H18N6O/c1-11-7-12(15-5-6-19-17(18)22-15)3-4-13(11)8-20-16(24)14-9-21-23(2)10-14/h3-7,9-10H,8H2,1-2H3,(H,20,24)(H2,18,19,22). The van der Waals surface area contributed by atoms with Crippen molar-refractivity contribution in [3.63, 3.8) is 0 Å². The van der Waals surface area contributed by atoms with E-state index in [1.807, 2.05) is 31.2 Å². The van der Waals surface area contributed by atoms with E-state index in [2.05, 4.69) is 20.4 Å². The summed E-state index contributed by atoms with van der Waals surface area (Å²) in [5, 5.41) is 6.90. The molecule has 3 aromatic rings. The van der Waals surface area contributed by atoms with E-state index in [1.165, 1.54) is 0 Å². The Morgan fingerprint density at radius 1 is 1.33 bits per heavy atom. The highest BCUT2D eigenvalue weighted by atomic mass is 16.1. The molecule has 0 atom stereocenters. The van der Waals surface area contributed by atoms with Gasteiger partial charge in [-0.1, -0.05) is 12.1 Å². The minimum absolute atomic E-state index is 0.143. The second-order valence-electron chi connectivity index (χ2n) is 5.53. The van der Waals surface area contributed by atoms with Gasteiger partial charge in [0.15, 0.2) is 0 Å². The normalized spacial score (nSPS) is 10.6.